The molecule has 2 rings (SSSR count). The third-order valence-electron chi connectivity index (χ3n) is 2.75. The van der Waals surface area contributed by atoms with Gasteiger partial charge in [0.05, 0.1) is 0 Å². The Morgan fingerprint density at radius 1 is 1.16 bits per heavy atom. The van der Waals surface area contributed by atoms with Crippen LogP contribution in [0.25, 0.3) is 0 Å². The summed E-state index contributed by atoms with van der Waals surface area (Å²) >= 11 is 5.90. The van der Waals surface area contributed by atoms with Gasteiger partial charge in [0.2, 0.25) is 0 Å². The zero-order valence-electron chi connectivity index (χ0n) is 10.5. The van der Waals surface area contributed by atoms with E-state index < -0.39 is 6.10 Å². The maximum absolute atomic E-state index is 13.8. The van der Waals surface area contributed by atoms with Gasteiger partial charge in [0.1, 0.15) is 17.7 Å². The second-order valence-corrected chi connectivity index (χ2v) is 4.81. The molecule has 0 fully saturated rings. The van der Waals surface area contributed by atoms with Crippen LogP contribution < -0.4 is 10.5 Å². The number of benzene rings is 2. The summed E-state index contributed by atoms with van der Waals surface area (Å²) in [6.45, 7) is 1.78. The molecule has 2 aromatic carbocycles. The lowest BCUT2D eigenvalue weighted by molar-refractivity contribution is 0.176. The molecule has 0 bridgehead atoms. The van der Waals surface area contributed by atoms with Crippen LogP contribution in [0.15, 0.2) is 48.5 Å². The highest BCUT2D eigenvalue weighted by atomic mass is 35.5. The predicted molar refractivity (Wildman–Crippen MR) is 74.9 cm³/mol. The molecule has 0 saturated heterocycles. The minimum atomic E-state index is -0.556. The molecule has 2 aromatic rings. The molecule has 0 aliphatic heterocycles. The van der Waals surface area contributed by atoms with E-state index >= 15 is 0 Å². The van der Waals surface area contributed by atoms with Gasteiger partial charge in [-0.15, -0.1) is 0 Å². The lowest BCUT2D eigenvalue weighted by Gasteiger charge is -2.23. The molecule has 2 unspecified atom stereocenters. The van der Waals surface area contributed by atoms with E-state index in [9.17, 15) is 4.39 Å². The molecule has 2 N–H and O–H groups in total. The maximum Gasteiger partial charge on any atom is 0.141 e. The monoisotopic (exact) mass is 279 g/mol. The van der Waals surface area contributed by atoms with E-state index in [4.69, 9.17) is 22.1 Å². The van der Waals surface area contributed by atoms with Gasteiger partial charge in [-0.25, -0.2) is 4.39 Å². The van der Waals surface area contributed by atoms with Crippen LogP contribution in [0.1, 0.15) is 18.6 Å². The molecule has 2 atom stereocenters. The van der Waals surface area contributed by atoms with Crippen molar-refractivity contribution in [2.75, 3.05) is 0 Å². The fourth-order valence-corrected chi connectivity index (χ4v) is 2.03. The Morgan fingerprint density at radius 3 is 2.53 bits per heavy atom. The van der Waals surface area contributed by atoms with E-state index in [2.05, 4.69) is 0 Å². The summed E-state index contributed by atoms with van der Waals surface area (Å²) in [6.07, 6.45) is -0.556. The van der Waals surface area contributed by atoms with Crippen LogP contribution in [-0.4, -0.2) is 6.04 Å². The van der Waals surface area contributed by atoms with Gasteiger partial charge in [-0.2, -0.15) is 0 Å². The number of rotatable bonds is 4. The van der Waals surface area contributed by atoms with Gasteiger partial charge in [0.15, 0.2) is 0 Å². The zero-order valence-corrected chi connectivity index (χ0v) is 11.3. The van der Waals surface area contributed by atoms with Crippen LogP contribution in [-0.2, 0) is 0 Å². The molecule has 0 aliphatic rings. The van der Waals surface area contributed by atoms with Crippen molar-refractivity contribution < 1.29 is 9.13 Å². The van der Waals surface area contributed by atoms with Crippen LogP contribution in [0.5, 0.6) is 5.75 Å². The average Bonchev–Trinajstić information content (AvgIpc) is 2.37. The first kappa shape index (κ1) is 13.8. The molecule has 100 valence electrons. The van der Waals surface area contributed by atoms with Gasteiger partial charge < -0.3 is 10.5 Å². The van der Waals surface area contributed by atoms with Gasteiger partial charge in [-0.1, -0.05) is 35.9 Å². The van der Waals surface area contributed by atoms with Crippen LogP contribution in [0, 0.1) is 5.82 Å². The van der Waals surface area contributed by atoms with Gasteiger partial charge >= 0.3 is 0 Å². The van der Waals surface area contributed by atoms with E-state index in [-0.39, 0.29) is 11.9 Å². The summed E-state index contributed by atoms with van der Waals surface area (Å²) in [7, 11) is 0. The molecule has 0 aliphatic carbocycles. The predicted octanol–water partition coefficient (Wildman–Crippen LogP) is 3.95. The van der Waals surface area contributed by atoms with Crippen molar-refractivity contribution >= 4 is 11.6 Å². The quantitative estimate of drug-likeness (QED) is 0.920. The number of halogens is 2. The van der Waals surface area contributed by atoms with Crippen LogP contribution in [0.2, 0.25) is 5.02 Å². The molecule has 0 heterocycles. The SMILES string of the molecule is CC(N)C(Oc1cccc(Cl)c1)c1ccccc1F. The topological polar surface area (TPSA) is 35.2 Å². The van der Waals surface area contributed by atoms with E-state index in [1.165, 1.54) is 6.07 Å². The third kappa shape index (κ3) is 3.46. The number of ether oxygens (including phenoxy) is 1. The van der Waals surface area contributed by atoms with Crippen molar-refractivity contribution in [3.05, 3.63) is 64.9 Å². The number of hydrogen-bond donors (Lipinski definition) is 1. The van der Waals surface area contributed by atoms with Crippen molar-refractivity contribution in [1.82, 2.24) is 0 Å². The lowest BCUT2D eigenvalue weighted by atomic mass is 10.0. The summed E-state index contributed by atoms with van der Waals surface area (Å²) in [5.74, 6) is 0.241. The van der Waals surface area contributed by atoms with E-state index in [1.807, 2.05) is 0 Å². The maximum atomic E-state index is 13.8. The smallest absolute Gasteiger partial charge is 0.141 e. The van der Waals surface area contributed by atoms with Crippen molar-refractivity contribution in [2.45, 2.75) is 19.1 Å². The third-order valence-corrected chi connectivity index (χ3v) is 2.98. The highest BCUT2D eigenvalue weighted by Crippen LogP contribution is 2.27. The second kappa shape index (κ2) is 6.04. The fourth-order valence-electron chi connectivity index (χ4n) is 1.85. The van der Waals surface area contributed by atoms with Crippen molar-refractivity contribution in [3.63, 3.8) is 0 Å². The molecule has 0 amide bonds. The van der Waals surface area contributed by atoms with E-state index in [1.54, 1.807) is 49.4 Å². The lowest BCUT2D eigenvalue weighted by Crippen LogP contribution is -2.29. The second-order valence-electron chi connectivity index (χ2n) is 4.38. The van der Waals surface area contributed by atoms with Crippen molar-refractivity contribution in [1.29, 1.82) is 0 Å². The van der Waals surface area contributed by atoms with Gasteiger partial charge in [-0.3, -0.25) is 0 Å². The van der Waals surface area contributed by atoms with Gasteiger partial charge in [-0.05, 0) is 31.2 Å². The molecule has 0 saturated carbocycles. The fraction of sp³-hybridized carbons (Fsp3) is 0.200. The number of hydrogen-bond acceptors (Lipinski definition) is 2. The minimum absolute atomic E-state index is 0.327. The molecule has 0 radical (unpaired) electrons. The standard InChI is InChI=1S/C15H15ClFNO/c1-10(18)15(13-7-2-3-8-14(13)17)19-12-6-4-5-11(16)9-12/h2-10,15H,18H2,1H3. The van der Waals surface area contributed by atoms with E-state index in [0.29, 0.717) is 16.3 Å². The minimum Gasteiger partial charge on any atom is -0.484 e. The molecule has 4 heteroatoms. The Bertz CT molecular complexity index is 559. The van der Waals surface area contributed by atoms with Gasteiger partial charge in [0.25, 0.3) is 0 Å². The molecule has 2 nitrogen and oxygen atoms in total. The summed E-state index contributed by atoms with van der Waals surface area (Å²) in [5.41, 5.74) is 6.34. The molecular formula is C15H15ClFNO. The summed E-state index contributed by atoms with van der Waals surface area (Å²) in [5, 5.41) is 0.564. The average molecular weight is 280 g/mol. The Kier molecular flexibility index (Phi) is 4.40. The first-order valence-electron chi connectivity index (χ1n) is 6.00. The van der Waals surface area contributed by atoms with Crippen LogP contribution in [0.3, 0.4) is 0 Å². The Labute approximate surface area is 117 Å². The van der Waals surface area contributed by atoms with Crippen molar-refractivity contribution in [2.24, 2.45) is 5.73 Å². The number of nitrogens with two attached hydrogens (primary N) is 1. The molecule has 0 aromatic heterocycles. The van der Waals surface area contributed by atoms with E-state index in [0.717, 1.165) is 0 Å². The molecular weight excluding hydrogens is 265 g/mol. The Morgan fingerprint density at radius 2 is 1.89 bits per heavy atom. The van der Waals surface area contributed by atoms with Crippen LogP contribution >= 0.6 is 11.6 Å². The summed E-state index contributed by atoms with van der Waals surface area (Å²) in [4.78, 5) is 0. The van der Waals surface area contributed by atoms with Crippen molar-refractivity contribution in [3.8, 4) is 5.75 Å². The zero-order chi connectivity index (χ0) is 13.8. The normalized spacial score (nSPS) is 13.9. The molecule has 19 heavy (non-hydrogen) atoms. The largest absolute Gasteiger partial charge is 0.484 e. The van der Waals surface area contributed by atoms with Crippen LogP contribution in [0.4, 0.5) is 4.39 Å². The highest BCUT2D eigenvalue weighted by Gasteiger charge is 2.21. The highest BCUT2D eigenvalue weighted by molar-refractivity contribution is 6.30. The summed E-state index contributed by atoms with van der Waals surface area (Å²) in [6, 6.07) is 13.1. The first-order valence-corrected chi connectivity index (χ1v) is 6.38. The Balaban J connectivity index is 2.29. The first-order chi connectivity index (χ1) is 9.08. The molecule has 0 spiro atoms. The van der Waals surface area contributed by atoms with Gasteiger partial charge in [0, 0.05) is 16.6 Å². The summed E-state index contributed by atoms with van der Waals surface area (Å²) < 4.78 is 19.6. The Hall–Kier alpha value is -1.58.